The molecule has 0 amide bonds. The van der Waals surface area contributed by atoms with Crippen LogP contribution in [0.4, 0.5) is 10.2 Å². The highest BCUT2D eigenvalue weighted by molar-refractivity contribution is 6.19. The Bertz CT molecular complexity index is 596. The number of nitrogens with zero attached hydrogens (tertiary/aromatic N) is 3. The van der Waals surface area contributed by atoms with Crippen molar-refractivity contribution in [2.24, 2.45) is 0 Å². The number of ether oxygens (including phenoxy) is 1. The van der Waals surface area contributed by atoms with Crippen molar-refractivity contribution >= 4 is 17.4 Å². The number of hydrogen-bond donors (Lipinski definition) is 3. The molecule has 0 radical (unpaired) electrons. The van der Waals surface area contributed by atoms with E-state index in [1.165, 1.54) is 0 Å². The van der Waals surface area contributed by atoms with Crippen molar-refractivity contribution in [1.82, 2.24) is 14.8 Å². The van der Waals surface area contributed by atoms with Gasteiger partial charge in [0.2, 0.25) is 0 Å². The first-order valence-corrected chi connectivity index (χ1v) is 5.91. The lowest BCUT2D eigenvalue weighted by Gasteiger charge is -2.20. The van der Waals surface area contributed by atoms with Crippen LogP contribution in [-0.2, 0) is 4.74 Å². The van der Waals surface area contributed by atoms with E-state index in [2.05, 4.69) is 10.1 Å². The van der Waals surface area contributed by atoms with E-state index >= 15 is 0 Å². The van der Waals surface area contributed by atoms with Gasteiger partial charge >= 0.3 is 5.69 Å². The van der Waals surface area contributed by atoms with Crippen LogP contribution in [0.5, 0.6) is 0 Å². The molecule has 4 N–H and O–H groups in total. The summed E-state index contributed by atoms with van der Waals surface area (Å²) < 4.78 is 20.0. The molecule has 1 saturated heterocycles. The number of halogens is 2. The normalized spacial score (nSPS) is 44.1. The van der Waals surface area contributed by atoms with Gasteiger partial charge in [-0.25, -0.2) is 9.18 Å². The summed E-state index contributed by atoms with van der Waals surface area (Å²) in [6.07, 6.45) is -3.96. The van der Waals surface area contributed by atoms with Crippen LogP contribution in [0.15, 0.2) is 11.0 Å². The minimum atomic E-state index is -2.14. The number of alkyl halides is 2. The molecule has 0 bridgehead atoms. The molecule has 1 aromatic rings. The van der Waals surface area contributed by atoms with E-state index in [-0.39, 0.29) is 11.7 Å². The first-order chi connectivity index (χ1) is 8.88. The molecule has 1 aromatic heterocycles. The highest BCUT2D eigenvalue weighted by atomic mass is 35.5. The first kappa shape index (κ1) is 12.7. The van der Waals surface area contributed by atoms with Gasteiger partial charge in [0.15, 0.2) is 18.0 Å². The second kappa shape index (κ2) is 3.63. The number of hydrogen-bond acceptors (Lipinski definition) is 7. The molecule has 1 saturated carbocycles. The molecule has 10 heteroatoms. The van der Waals surface area contributed by atoms with Crippen LogP contribution < -0.4 is 11.4 Å². The van der Waals surface area contributed by atoms with E-state index in [0.29, 0.717) is 4.68 Å². The quantitative estimate of drug-likeness (QED) is 0.548. The third-order valence-electron chi connectivity index (χ3n) is 3.63. The van der Waals surface area contributed by atoms with Gasteiger partial charge in [0.1, 0.15) is 17.5 Å². The van der Waals surface area contributed by atoms with E-state index in [0.717, 1.165) is 6.20 Å². The van der Waals surface area contributed by atoms with Gasteiger partial charge in [0, 0.05) is 0 Å². The van der Waals surface area contributed by atoms with Crippen molar-refractivity contribution in [2.75, 3.05) is 11.6 Å². The van der Waals surface area contributed by atoms with E-state index in [1.807, 2.05) is 0 Å². The van der Waals surface area contributed by atoms with Gasteiger partial charge in [-0.1, -0.05) is 0 Å². The standard InChI is InChI=1S/C9H10ClFN4O4/c10-2-8-6(16)9(8,18)4(11)5(19-8)15-7(17)14-3(12)1-13-15/h1,4-6,16,18H,2H2,(H2,12,14,17)/t4-,5+,6?,8+,9+/m0/s1. The molecule has 3 rings (SSSR count). The van der Waals surface area contributed by atoms with E-state index in [1.54, 1.807) is 0 Å². The van der Waals surface area contributed by atoms with Crippen molar-refractivity contribution in [1.29, 1.82) is 0 Å². The summed E-state index contributed by atoms with van der Waals surface area (Å²) in [5.41, 5.74) is 0.585. The second-order valence-electron chi connectivity index (χ2n) is 4.57. The van der Waals surface area contributed by atoms with Gasteiger partial charge in [-0.3, -0.25) is 0 Å². The van der Waals surface area contributed by atoms with Crippen LogP contribution >= 0.6 is 11.6 Å². The number of aliphatic hydroxyl groups excluding tert-OH is 1. The molecule has 2 heterocycles. The summed E-state index contributed by atoms with van der Waals surface area (Å²) in [6.45, 7) is 0. The smallest absolute Gasteiger partial charge is 0.368 e. The summed E-state index contributed by atoms with van der Waals surface area (Å²) in [5.74, 6) is -0.440. The Morgan fingerprint density at radius 3 is 2.89 bits per heavy atom. The van der Waals surface area contributed by atoms with Gasteiger partial charge in [-0.05, 0) is 0 Å². The fraction of sp³-hybridized carbons (Fsp3) is 0.667. The Morgan fingerprint density at radius 2 is 2.37 bits per heavy atom. The highest BCUT2D eigenvalue weighted by Crippen LogP contribution is 2.63. The van der Waals surface area contributed by atoms with Crippen molar-refractivity contribution in [3.63, 3.8) is 0 Å². The average Bonchev–Trinajstić information content (AvgIpc) is 2.73. The van der Waals surface area contributed by atoms with E-state index < -0.39 is 35.4 Å². The molecule has 1 aliphatic carbocycles. The fourth-order valence-electron chi connectivity index (χ4n) is 2.45. The third kappa shape index (κ3) is 1.30. The predicted molar refractivity (Wildman–Crippen MR) is 60.1 cm³/mol. The van der Waals surface area contributed by atoms with Gasteiger partial charge in [-0.15, -0.1) is 11.6 Å². The SMILES string of the molecule is Nc1cnn([C@@H]2O[C@]3(CCl)C(O)[C@]3(O)[C@H]2F)c(=O)n1. The molecule has 19 heavy (non-hydrogen) atoms. The lowest BCUT2D eigenvalue weighted by Crippen LogP contribution is -2.39. The number of nitrogens with two attached hydrogens (primary N) is 1. The Labute approximate surface area is 110 Å². The number of fused-ring (bicyclic) bond motifs is 1. The topological polar surface area (TPSA) is 123 Å². The monoisotopic (exact) mass is 292 g/mol. The maximum Gasteiger partial charge on any atom is 0.368 e. The summed E-state index contributed by atoms with van der Waals surface area (Å²) in [7, 11) is 0. The number of aromatic nitrogens is 3. The van der Waals surface area contributed by atoms with E-state index in [9.17, 15) is 19.4 Å². The average molecular weight is 293 g/mol. The Hall–Kier alpha value is -1.29. The zero-order chi connectivity index (χ0) is 14.0. The molecular formula is C9H10ClFN4O4. The zero-order valence-corrected chi connectivity index (χ0v) is 10.2. The lowest BCUT2D eigenvalue weighted by molar-refractivity contribution is -0.0930. The minimum Gasteiger partial charge on any atom is -0.387 e. The summed E-state index contributed by atoms with van der Waals surface area (Å²) in [6, 6.07) is 0. The number of rotatable bonds is 2. The maximum absolute atomic E-state index is 14.2. The molecular weight excluding hydrogens is 283 g/mol. The molecule has 0 aromatic carbocycles. The van der Waals surface area contributed by atoms with E-state index in [4.69, 9.17) is 22.1 Å². The molecule has 5 atom stereocenters. The van der Waals surface area contributed by atoms with Crippen molar-refractivity contribution in [3.05, 3.63) is 16.7 Å². The second-order valence-corrected chi connectivity index (χ2v) is 4.84. The van der Waals surface area contributed by atoms with Crippen molar-refractivity contribution in [3.8, 4) is 0 Å². The zero-order valence-electron chi connectivity index (χ0n) is 9.40. The maximum atomic E-state index is 14.2. The number of anilines is 1. The molecule has 1 aliphatic heterocycles. The molecule has 0 spiro atoms. The van der Waals surface area contributed by atoms with Crippen LogP contribution in [0.1, 0.15) is 6.23 Å². The summed E-state index contributed by atoms with van der Waals surface area (Å²) >= 11 is 5.60. The molecule has 104 valence electrons. The Kier molecular flexibility index (Phi) is 2.43. The van der Waals surface area contributed by atoms with Gasteiger partial charge < -0.3 is 20.7 Å². The lowest BCUT2D eigenvalue weighted by atomic mass is 10.1. The van der Waals surface area contributed by atoms with Crippen LogP contribution in [0.25, 0.3) is 0 Å². The van der Waals surface area contributed by atoms with Gasteiger partial charge in [0.25, 0.3) is 0 Å². The van der Waals surface area contributed by atoms with Crippen LogP contribution in [0.3, 0.4) is 0 Å². The predicted octanol–water partition coefficient (Wildman–Crippen LogP) is -1.83. The van der Waals surface area contributed by atoms with Crippen LogP contribution in [0.2, 0.25) is 0 Å². The van der Waals surface area contributed by atoms with Crippen molar-refractivity contribution in [2.45, 2.75) is 29.7 Å². The first-order valence-electron chi connectivity index (χ1n) is 5.38. The van der Waals surface area contributed by atoms with Gasteiger partial charge in [-0.2, -0.15) is 14.8 Å². The van der Waals surface area contributed by atoms with Gasteiger partial charge in [0.05, 0.1) is 12.1 Å². The summed E-state index contributed by atoms with van der Waals surface area (Å²) in [5, 5.41) is 23.2. The summed E-state index contributed by atoms with van der Waals surface area (Å²) in [4.78, 5) is 14.9. The molecule has 2 aliphatic rings. The Morgan fingerprint density at radius 1 is 1.68 bits per heavy atom. The Balaban J connectivity index is 2.00. The molecule has 8 nitrogen and oxygen atoms in total. The largest absolute Gasteiger partial charge is 0.387 e. The third-order valence-corrected chi connectivity index (χ3v) is 4.03. The van der Waals surface area contributed by atoms with Crippen LogP contribution in [0, 0.1) is 0 Å². The van der Waals surface area contributed by atoms with Crippen molar-refractivity contribution < 1.29 is 19.3 Å². The van der Waals surface area contributed by atoms with Crippen LogP contribution in [-0.4, -0.2) is 54.3 Å². The minimum absolute atomic E-state index is 0.120. The molecule has 2 fully saturated rings. The fourth-order valence-corrected chi connectivity index (χ4v) is 2.87. The number of nitrogen functional groups attached to an aromatic ring is 1. The highest BCUT2D eigenvalue weighted by Gasteiger charge is 2.88. The molecule has 1 unspecified atom stereocenters. The number of aliphatic hydroxyl groups is 2.